The Morgan fingerprint density at radius 2 is 1.48 bits per heavy atom. The van der Waals surface area contributed by atoms with Gasteiger partial charge in [0.1, 0.15) is 6.10 Å². The number of carbonyl (C=O) groups is 2. The van der Waals surface area contributed by atoms with E-state index >= 15 is 0 Å². The van der Waals surface area contributed by atoms with E-state index in [9.17, 15) is 9.59 Å². The van der Waals surface area contributed by atoms with Gasteiger partial charge in [-0.2, -0.15) is 0 Å². The van der Waals surface area contributed by atoms with E-state index in [0.717, 1.165) is 31.2 Å². The van der Waals surface area contributed by atoms with Crippen molar-refractivity contribution < 1.29 is 14.3 Å². The normalized spacial score (nSPS) is 14.8. The van der Waals surface area contributed by atoms with Crippen molar-refractivity contribution in [2.45, 2.75) is 45.1 Å². The van der Waals surface area contributed by atoms with Crippen LogP contribution in [0.4, 0.5) is 5.69 Å². The van der Waals surface area contributed by atoms with E-state index in [1.807, 2.05) is 19.1 Å². The summed E-state index contributed by atoms with van der Waals surface area (Å²) in [5.41, 5.74) is 2.88. The van der Waals surface area contributed by atoms with Crippen molar-refractivity contribution in [1.29, 1.82) is 0 Å². The third kappa shape index (κ3) is 4.69. The molecule has 0 radical (unpaired) electrons. The van der Waals surface area contributed by atoms with Crippen LogP contribution in [-0.4, -0.2) is 18.0 Å². The number of nitrogens with one attached hydrogen (secondary N) is 1. The monoisotopic (exact) mass is 337 g/mol. The molecule has 0 unspecified atom stereocenters. The number of anilines is 1. The standard InChI is InChI=1S/C21H23NO3/c1-15-7-9-16(10-8-15)20(23)22-18-13-11-17(12-14-18)21(24)25-19-5-3-2-4-6-19/h7-14,19H,2-6H2,1H3,(H,22,23). The van der Waals surface area contributed by atoms with Gasteiger partial charge >= 0.3 is 5.97 Å². The Kier molecular flexibility index (Phi) is 5.49. The minimum atomic E-state index is -0.289. The molecule has 0 atom stereocenters. The summed E-state index contributed by atoms with van der Waals surface area (Å²) >= 11 is 0. The van der Waals surface area contributed by atoms with E-state index in [0.29, 0.717) is 16.8 Å². The van der Waals surface area contributed by atoms with Gasteiger partial charge in [-0.3, -0.25) is 4.79 Å². The van der Waals surface area contributed by atoms with Crippen LogP contribution in [0, 0.1) is 6.92 Å². The van der Waals surface area contributed by atoms with Gasteiger partial charge in [0.2, 0.25) is 0 Å². The third-order valence-electron chi connectivity index (χ3n) is 4.52. The molecule has 3 rings (SSSR count). The molecule has 0 saturated heterocycles. The molecule has 2 aromatic carbocycles. The molecule has 0 bridgehead atoms. The fourth-order valence-corrected chi connectivity index (χ4v) is 3.00. The van der Waals surface area contributed by atoms with Gasteiger partial charge in [-0.25, -0.2) is 4.79 Å². The molecule has 1 N–H and O–H groups in total. The van der Waals surface area contributed by atoms with E-state index in [1.54, 1.807) is 36.4 Å². The number of esters is 1. The van der Waals surface area contributed by atoms with Gasteiger partial charge in [0.25, 0.3) is 5.91 Å². The molecule has 0 aliphatic heterocycles. The van der Waals surface area contributed by atoms with Crippen molar-refractivity contribution in [1.82, 2.24) is 0 Å². The zero-order valence-electron chi connectivity index (χ0n) is 14.5. The Hall–Kier alpha value is -2.62. The third-order valence-corrected chi connectivity index (χ3v) is 4.52. The van der Waals surface area contributed by atoms with Gasteiger partial charge < -0.3 is 10.1 Å². The minimum absolute atomic E-state index is 0.0437. The molecule has 1 aliphatic rings. The topological polar surface area (TPSA) is 55.4 Å². The molecule has 1 aliphatic carbocycles. The Balaban J connectivity index is 1.58. The van der Waals surface area contributed by atoms with Crippen LogP contribution < -0.4 is 5.32 Å². The van der Waals surface area contributed by atoms with Crippen LogP contribution in [0.5, 0.6) is 0 Å². The number of aryl methyl sites for hydroxylation is 1. The van der Waals surface area contributed by atoms with Crippen molar-refractivity contribution in [3.63, 3.8) is 0 Å². The summed E-state index contributed by atoms with van der Waals surface area (Å²) in [6.45, 7) is 1.98. The summed E-state index contributed by atoms with van der Waals surface area (Å²) in [4.78, 5) is 24.4. The lowest BCUT2D eigenvalue weighted by molar-refractivity contribution is 0.0211. The zero-order chi connectivity index (χ0) is 17.6. The SMILES string of the molecule is Cc1ccc(C(=O)Nc2ccc(C(=O)OC3CCCCC3)cc2)cc1. The Morgan fingerprint density at radius 3 is 2.12 bits per heavy atom. The number of hydrogen-bond donors (Lipinski definition) is 1. The first-order valence-corrected chi connectivity index (χ1v) is 8.81. The molecule has 4 nitrogen and oxygen atoms in total. The molecule has 0 aromatic heterocycles. The molecule has 1 saturated carbocycles. The van der Waals surface area contributed by atoms with Crippen LogP contribution in [0.15, 0.2) is 48.5 Å². The van der Waals surface area contributed by atoms with E-state index in [1.165, 1.54) is 6.42 Å². The summed E-state index contributed by atoms with van der Waals surface area (Å²) in [5.74, 6) is -0.458. The van der Waals surface area contributed by atoms with Crippen LogP contribution in [0.3, 0.4) is 0 Å². The first kappa shape index (κ1) is 17.2. The minimum Gasteiger partial charge on any atom is -0.459 e. The lowest BCUT2D eigenvalue weighted by Gasteiger charge is -2.21. The van der Waals surface area contributed by atoms with Gasteiger partial charge in [-0.15, -0.1) is 0 Å². The van der Waals surface area contributed by atoms with Gasteiger partial charge in [0.15, 0.2) is 0 Å². The van der Waals surface area contributed by atoms with Gasteiger partial charge in [-0.05, 0) is 69.0 Å². The molecule has 4 heteroatoms. The predicted octanol–water partition coefficient (Wildman–Crippen LogP) is 4.74. The zero-order valence-corrected chi connectivity index (χ0v) is 14.5. The highest BCUT2D eigenvalue weighted by atomic mass is 16.5. The van der Waals surface area contributed by atoms with Crippen molar-refractivity contribution in [2.24, 2.45) is 0 Å². The summed E-state index contributed by atoms with van der Waals surface area (Å²) in [7, 11) is 0. The number of rotatable bonds is 4. The van der Waals surface area contributed by atoms with E-state index in [4.69, 9.17) is 4.74 Å². The lowest BCUT2D eigenvalue weighted by Crippen LogP contribution is -2.20. The molecule has 130 valence electrons. The average molecular weight is 337 g/mol. The number of benzene rings is 2. The van der Waals surface area contributed by atoms with Gasteiger partial charge in [-0.1, -0.05) is 24.1 Å². The highest BCUT2D eigenvalue weighted by Crippen LogP contribution is 2.22. The number of ether oxygens (including phenoxy) is 1. The maximum absolute atomic E-state index is 12.2. The Labute approximate surface area is 148 Å². The van der Waals surface area contributed by atoms with Gasteiger partial charge in [0.05, 0.1) is 5.56 Å². The Morgan fingerprint density at radius 1 is 0.880 bits per heavy atom. The molecular weight excluding hydrogens is 314 g/mol. The second-order valence-electron chi connectivity index (χ2n) is 6.56. The maximum atomic E-state index is 12.2. The van der Waals surface area contributed by atoms with Crippen molar-refractivity contribution in [2.75, 3.05) is 5.32 Å². The molecule has 0 spiro atoms. The van der Waals surface area contributed by atoms with E-state index in [-0.39, 0.29) is 18.0 Å². The van der Waals surface area contributed by atoms with Crippen LogP contribution in [-0.2, 0) is 4.74 Å². The molecule has 2 aromatic rings. The molecular formula is C21H23NO3. The maximum Gasteiger partial charge on any atom is 0.338 e. The van der Waals surface area contributed by atoms with Crippen LogP contribution in [0.25, 0.3) is 0 Å². The summed E-state index contributed by atoms with van der Waals surface area (Å²) in [6.07, 6.45) is 5.43. The van der Waals surface area contributed by atoms with Crippen molar-refractivity contribution in [3.05, 3.63) is 65.2 Å². The lowest BCUT2D eigenvalue weighted by atomic mass is 9.98. The van der Waals surface area contributed by atoms with Crippen LogP contribution in [0.2, 0.25) is 0 Å². The van der Waals surface area contributed by atoms with Crippen LogP contribution in [0.1, 0.15) is 58.4 Å². The van der Waals surface area contributed by atoms with E-state index < -0.39 is 0 Å². The Bertz CT molecular complexity index is 729. The van der Waals surface area contributed by atoms with Crippen LogP contribution >= 0.6 is 0 Å². The average Bonchev–Trinajstić information content (AvgIpc) is 2.63. The van der Waals surface area contributed by atoms with E-state index in [2.05, 4.69) is 5.32 Å². The summed E-state index contributed by atoms with van der Waals surface area (Å²) in [6, 6.07) is 14.2. The predicted molar refractivity (Wildman–Crippen MR) is 97.9 cm³/mol. The number of hydrogen-bond acceptors (Lipinski definition) is 3. The summed E-state index contributed by atoms with van der Waals surface area (Å²) in [5, 5.41) is 2.83. The quantitative estimate of drug-likeness (QED) is 0.820. The number of carbonyl (C=O) groups excluding carboxylic acids is 2. The van der Waals surface area contributed by atoms with Gasteiger partial charge in [0, 0.05) is 11.3 Å². The molecule has 1 fully saturated rings. The highest BCUT2D eigenvalue weighted by molar-refractivity contribution is 6.04. The largest absolute Gasteiger partial charge is 0.459 e. The number of amides is 1. The first-order chi connectivity index (χ1) is 12.1. The van der Waals surface area contributed by atoms with Crippen molar-refractivity contribution >= 4 is 17.6 Å². The fourth-order valence-electron chi connectivity index (χ4n) is 3.00. The molecule has 1 amide bonds. The van der Waals surface area contributed by atoms with Crippen molar-refractivity contribution in [3.8, 4) is 0 Å². The molecule has 25 heavy (non-hydrogen) atoms. The fraction of sp³-hybridized carbons (Fsp3) is 0.333. The second-order valence-corrected chi connectivity index (χ2v) is 6.56. The summed E-state index contributed by atoms with van der Waals surface area (Å²) < 4.78 is 5.55. The smallest absolute Gasteiger partial charge is 0.338 e. The highest BCUT2D eigenvalue weighted by Gasteiger charge is 2.18. The molecule has 0 heterocycles. The second kappa shape index (κ2) is 7.97. The first-order valence-electron chi connectivity index (χ1n) is 8.81.